The number of nitrogens with one attached hydrogen (secondary N) is 2. The molecule has 6 nitrogen and oxygen atoms in total. The number of nitrogens with zero attached hydrogens (tertiary/aromatic N) is 1. The fraction of sp³-hybridized carbons (Fsp3) is 0.611. The molecule has 0 amide bonds. The van der Waals surface area contributed by atoms with Crippen LogP contribution in [0.2, 0.25) is 0 Å². The van der Waals surface area contributed by atoms with Crippen LogP contribution in [-0.4, -0.2) is 52.4 Å². The maximum absolute atomic E-state index is 5.46. The van der Waals surface area contributed by atoms with Crippen LogP contribution in [0.3, 0.4) is 0 Å². The number of methoxy groups -OCH3 is 3. The van der Waals surface area contributed by atoms with E-state index in [4.69, 9.17) is 14.2 Å². The van der Waals surface area contributed by atoms with Crippen LogP contribution in [0.5, 0.6) is 17.2 Å². The van der Waals surface area contributed by atoms with Crippen LogP contribution < -0.4 is 24.8 Å². The predicted molar refractivity (Wildman–Crippen MR) is 107 cm³/mol. The SMILES string of the molecule is CCNC(=NCc1cc(OC)c(OC)cc1OC)NCCCCSC. The molecule has 0 aliphatic carbocycles. The summed E-state index contributed by atoms with van der Waals surface area (Å²) in [6, 6.07) is 3.73. The highest BCUT2D eigenvalue weighted by Crippen LogP contribution is 2.34. The average Bonchev–Trinajstić information content (AvgIpc) is 2.64. The van der Waals surface area contributed by atoms with Crippen LogP contribution in [0.25, 0.3) is 0 Å². The van der Waals surface area contributed by atoms with Crippen molar-refractivity contribution in [3.8, 4) is 17.2 Å². The first-order chi connectivity index (χ1) is 12.2. The summed E-state index contributed by atoms with van der Waals surface area (Å²) in [5.74, 6) is 4.05. The molecule has 0 unspecified atom stereocenters. The molecule has 0 aliphatic rings. The van der Waals surface area contributed by atoms with Gasteiger partial charge in [0.1, 0.15) is 5.75 Å². The molecule has 0 atom stereocenters. The lowest BCUT2D eigenvalue weighted by Gasteiger charge is -2.14. The summed E-state index contributed by atoms with van der Waals surface area (Å²) in [5.41, 5.74) is 0.944. The predicted octanol–water partition coefficient (Wildman–Crippen LogP) is 2.91. The zero-order valence-electron chi connectivity index (χ0n) is 16.0. The third-order valence-electron chi connectivity index (χ3n) is 3.61. The molecule has 0 radical (unpaired) electrons. The number of aliphatic imine (C=N–C) groups is 1. The molecule has 7 heteroatoms. The molecule has 2 N–H and O–H groups in total. The Morgan fingerprint density at radius 2 is 1.68 bits per heavy atom. The van der Waals surface area contributed by atoms with Crippen LogP contribution in [0.4, 0.5) is 0 Å². The number of thioether (sulfide) groups is 1. The zero-order chi connectivity index (χ0) is 18.5. The Morgan fingerprint density at radius 1 is 1.00 bits per heavy atom. The summed E-state index contributed by atoms with van der Waals surface area (Å²) in [6.07, 6.45) is 4.47. The highest BCUT2D eigenvalue weighted by atomic mass is 32.2. The number of ether oxygens (including phenoxy) is 3. The lowest BCUT2D eigenvalue weighted by Crippen LogP contribution is -2.37. The van der Waals surface area contributed by atoms with Crippen LogP contribution in [-0.2, 0) is 6.54 Å². The van der Waals surface area contributed by atoms with Gasteiger partial charge in [-0.25, -0.2) is 4.99 Å². The van der Waals surface area contributed by atoms with Gasteiger partial charge in [0.15, 0.2) is 17.5 Å². The Labute approximate surface area is 155 Å². The zero-order valence-corrected chi connectivity index (χ0v) is 16.8. The van der Waals surface area contributed by atoms with Crippen molar-refractivity contribution in [1.29, 1.82) is 0 Å². The molecule has 142 valence electrons. The lowest BCUT2D eigenvalue weighted by atomic mass is 10.1. The second-order valence-electron chi connectivity index (χ2n) is 5.34. The number of unbranched alkanes of at least 4 members (excludes halogenated alkanes) is 1. The molecule has 0 saturated carbocycles. The van der Waals surface area contributed by atoms with E-state index in [0.29, 0.717) is 18.0 Å². The molecule has 1 aromatic rings. The van der Waals surface area contributed by atoms with Crippen LogP contribution in [0.15, 0.2) is 17.1 Å². The average molecular weight is 370 g/mol. The molecule has 1 aromatic carbocycles. The smallest absolute Gasteiger partial charge is 0.191 e. The first-order valence-electron chi connectivity index (χ1n) is 8.50. The fourth-order valence-electron chi connectivity index (χ4n) is 2.30. The Bertz CT molecular complexity index is 539. The first kappa shape index (κ1) is 21.3. The highest BCUT2D eigenvalue weighted by molar-refractivity contribution is 7.98. The molecule has 0 bridgehead atoms. The van der Waals surface area contributed by atoms with E-state index in [1.54, 1.807) is 21.3 Å². The van der Waals surface area contributed by atoms with Gasteiger partial charge in [-0.05, 0) is 37.8 Å². The molecular weight excluding hydrogens is 338 g/mol. The first-order valence-corrected chi connectivity index (χ1v) is 9.89. The van der Waals surface area contributed by atoms with E-state index in [-0.39, 0.29) is 0 Å². The van der Waals surface area contributed by atoms with Crippen LogP contribution in [0, 0.1) is 0 Å². The van der Waals surface area contributed by atoms with E-state index in [1.807, 2.05) is 23.9 Å². The van der Waals surface area contributed by atoms with Gasteiger partial charge in [0, 0.05) is 24.7 Å². The summed E-state index contributed by atoms with van der Waals surface area (Å²) >= 11 is 1.88. The monoisotopic (exact) mass is 369 g/mol. The third-order valence-corrected chi connectivity index (χ3v) is 4.30. The van der Waals surface area contributed by atoms with E-state index < -0.39 is 0 Å². The molecule has 0 aromatic heterocycles. The van der Waals surface area contributed by atoms with Crippen molar-refractivity contribution >= 4 is 17.7 Å². The van der Waals surface area contributed by atoms with Crippen molar-refractivity contribution in [2.24, 2.45) is 4.99 Å². The molecule has 1 rings (SSSR count). The van der Waals surface area contributed by atoms with Crippen molar-refractivity contribution in [3.05, 3.63) is 17.7 Å². The van der Waals surface area contributed by atoms with Gasteiger partial charge in [0.05, 0.1) is 27.9 Å². The standard InChI is InChI=1S/C18H31N3O3S/c1-6-19-18(20-9-7-8-10-25-5)21-13-14-11-16(23-3)17(24-4)12-15(14)22-2/h11-12H,6-10,13H2,1-5H3,(H2,19,20,21). The van der Waals surface area contributed by atoms with Crippen LogP contribution in [0.1, 0.15) is 25.3 Å². The summed E-state index contributed by atoms with van der Waals surface area (Å²) in [6.45, 7) is 4.28. The minimum Gasteiger partial charge on any atom is -0.496 e. The summed E-state index contributed by atoms with van der Waals surface area (Å²) in [4.78, 5) is 4.65. The number of rotatable bonds is 11. The Morgan fingerprint density at radius 3 is 2.28 bits per heavy atom. The molecule has 0 saturated heterocycles. The maximum atomic E-state index is 5.46. The van der Waals surface area contributed by atoms with Gasteiger partial charge in [-0.1, -0.05) is 0 Å². The molecular formula is C18H31N3O3S. The number of benzene rings is 1. The van der Waals surface area contributed by atoms with Gasteiger partial charge in [-0.2, -0.15) is 11.8 Å². The highest BCUT2D eigenvalue weighted by Gasteiger charge is 2.11. The van der Waals surface area contributed by atoms with Gasteiger partial charge in [0.2, 0.25) is 0 Å². The summed E-state index contributed by atoms with van der Waals surface area (Å²) < 4.78 is 16.1. The Balaban J connectivity index is 2.79. The summed E-state index contributed by atoms with van der Waals surface area (Å²) in [7, 11) is 4.88. The minimum atomic E-state index is 0.490. The van der Waals surface area contributed by atoms with Gasteiger partial charge in [-0.15, -0.1) is 0 Å². The largest absolute Gasteiger partial charge is 0.496 e. The fourth-order valence-corrected chi connectivity index (χ4v) is 2.79. The number of guanidine groups is 1. The van der Waals surface area contributed by atoms with Crippen molar-refractivity contribution in [1.82, 2.24) is 10.6 Å². The van der Waals surface area contributed by atoms with Crippen molar-refractivity contribution in [2.45, 2.75) is 26.3 Å². The van der Waals surface area contributed by atoms with Gasteiger partial charge >= 0.3 is 0 Å². The molecule has 0 fully saturated rings. The van der Waals surface area contributed by atoms with E-state index in [1.165, 1.54) is 12.2 Å². The van der Waals surface area contributed by atoms with Crippen molar-refractivity contribution in [3.63, 3.8) is 0 Å². The van der Waals surface area contributed by atoms with Crippen LogP contribution >= 0.6 is 11.8 Å². The van der Waals surface area contributed by atoms with Crippen molar-refractivity contribution in [2.75, 3.05) is 46.4 Å². The second kappa shape index (κ2) is 12.6. The number of hydrogen-bond donors (Lipinski definition) is 2. The normalized spacial score (nSPS) is 11.2. The van der Waals surface area contributed by atoms with E-state index in [0.717, 1.165) is 36.8 Å². The quantitative estimate of drug-likeness (QED) is 0.355. The molecule has 0 heterocycles. The minimum absolute atomic E-state index is 0.490. The lowest BCUT2D eigenvalue weighted by molar-refractivity contribution is 0.347. The molecule has 0 spiro atoms. The van der Waals surface area contributed by atoms with Gasteiger partial charge in [-0.3, -0.25) is 0 Å². The molecule has 25 heavy (non-hydrogen) atoms. The Hall–Kier alpha value is -1.76. The van der Waals surface area contributed by atoms with Gasteiger partial charge in [0.25, 0.3) is 0 Å². The number of hydrogen-bond acceptors (Lipinski definition) is 5. The maximum Gasteiger partial charge on any atom is 0.191 e. The summed E-state index contributed by atoms with van der Waals surface area (Å²) in [5, 5.41) is 6.64. The topological polar surface area (TPSA) is 64.1 Å². The van der Waals surface area contributed by atoms with E-state index in [2.05, 4.69) is 28.8 Å². The molecule has 0 aliphatic heterocycles. The van der Waals surface area contributed by atoms with Crippen molar-refractivity contribution < 1.29 is 14.2 Å². The van der Waals surface area contributed by atoms with Gasteiger partial charge < -0.3 is 24.8 Å². The second-order valence-corrected chi connectivity index (χ2v) is 6.33. The third kappa shape index (κ3) is 7.34. The van der Waals surface area contributed by atoms with E-state index >= 15 is 0 Å². The van der Waals surface area contributed by atoms with E-state index in [9.17, 15) is 0 Å². The Kier molecular flexibility index (Phi) is 10.7.